The average Bonchev–Trinajstić information content (AvgIpc) is 3.37. The van der Waals surface area contributed by atoms with Gasteiger partial charge in [0.25, 0.3) is 5.91 Å². The molecule has 0 unspecified atom stereocenters. The van der Waals surface area contributed by atoms with Gasteiger partial charge in [-0.05, 0) is 62.8 Å². The second kappa shape index (κ2) is 5.99. The van der Waals surface area contributed by atoms with Crippen LogP contribution < -0.4 is 0 Å². The molecule has 1 aromatic carbocycles. The Morgan fingerprint density at radius 3 is 1.83 bits per heavy atom. The summed E-state index contributed by atoms with van der Waals surface area (Å²) in [5.74, 6) is 0.669. The molecule has 2 amide bonds. The molecule has 0 radical (unpaired) electrons. The van der Waals surface area contributed by atoms with Crippen molar-refractivity contribution in [2.75, 3.05) is 26.2 Å². The summed E-state index contributed by atoms with van der Waals surface area (Å²) in [5.41, 5.74) is 5.34. The summed E-state index contributed by atoms with van der Waals surface area (Å²) < 4.78 is 0. The Bertz CT molecular complexity index is 628. The van der Waals surface area contributed by atoms with E-state index in [0.29, 0.717) is 26.2 Å². The summed E-state index contributed by atoms with van der Waals surface area (Å²) in [7, 11) is 0. The summed E-state index contributed by atoms with van der Waals surface area (Å²) in [4.78, 5) is 29.0. The lowest BCUT2D eigenvalue weighted by Gasteiger charge is -2.35. The number of hydrogen-bond donors (Lipinski definition) is 0. The molecule has 1 aliphatic carbocycles. The van der Waals surface area contributed by atoms with Gasteiger partial charge in [-0.2, -0.15) is 0 Å². The number of carbonyl (C=O) groups is 2. The minimum absolute atomic E-state index is 0.116. The van der Waals surface area contributed by atoms with Gasteiger partial charge in [-0.3, -0.25) is 9.59 Å². The largest absolute Gasteiger partial charge is 0.339 e. The molecule has 4 heteroatoms. The fraction of sp³-hybridized carbons (Fsp3) is 0.579. The highest BCUT2D eigenvalue weighted by atomic mass is 16.2. The smallest absolute Gasteiger partial charge is 0.254 e. The molecular weight excluding hydrogens is 288 g/mol. The normalized spacial score (nSPS) is 18.3. The molecule has 1 aromatic rings. The van der Waals surface area contributed by atoms with Crippen molar-refractivity contribution in [2.45, 2.75) is 40.5 Å². The van der Waals surface area contributed by atoms with Crippen LogP contribution in [0.5, 0.6) is 0 Å². The van der Waals surface area contributed by atoms with Gasteiger partial charge in [-0.1, -0.05) is 6.07 Å². The second-order valence-corrected chi connectivity index (χ2v) is 7.03. The van der Waals surface area contributed by atoms with E-state index in [1.807, 2.05) is 23.6 Å². The van der Waals surface area contributed by atoms with Crippen molar-refractivity contribution in [3.8, 4) is 0 Å². The number of carbonyl (C=O) groups excluding carboxylic acids is 2. The highest BCUT2D eigenvalue weighted by Gasteiger charge is 2.35. The molecule has 1 saturated carbocycles. The number of benzene rings is 1. The first-order valence-corrected chi connectivity index (χ1v) is 8.55. The van der Waals surface area contributed by atoms with Crippen LogP contribution in [0, 0.1) is 33.6 Å². The number of nitrogens with zero attached hydrogens (tertiary/aromatic N) is 2. The Labute approximate surface area is 138 Å². The van der Waals surface area contributed by atoms with Gasteiger partial charge in [0, 0.05) is 37.7 Å². The standard InChI is InChI=1S/C19H26N2O2/c1-12-11-13(2)15(4)17(14(12)3)19(23)21-9-7-20(8-10-21)18(22)16-5-6-16/h11,16H,5-10H2,1-4H3. The van der Waals surface area contributed by atoms with E-state index in [4.69, 9.17) is 0 Å². The first-order chi connectivity index (χ1) is 10.9. The molecular formula is C19H26N2O2. The zero-order chi connectivity index (χ0) is 16.7. The molecule has 0 atom stereocenters. The van der Waals surface area contributed by atoms with Gasteiger partial charge in [0.2, 0.25) is 5.91 Å². The quantitative estimate of drug-likeness (QED) is 0.842. The Morgan fingerprint density at radius 2 is 1.35 bits per heavy atom. The summed E-state index contributed by atoms with van der Waals surface area (Å²) in [5, 5.41) is 0. The van der Waals surface area contributed by atoms with Crippen LogP contribution in [0.4, 0.5) is 0 Å². The fourth-order valence-electron chi connectivity index (χ4n) is 3.41. The average molecular weight is 314 g/mol. The molecule has 3 rings (SSSR count). The number of aryl methyl sites for hydroxylation is 2. The van der Waals surface area contributed by atoms with Gasteiger partial charge >= 0.3 is 0 Å². The van der Waals surface area contributed by atoms with Crippen molar-refractivity contribution < 1.29 is 9.59 Å². The fourth-order valence-corrected chi connectivity index (χ4v) is 3.41. The third kappa shape index (κ3) is 2.99. The predicted octanol–water partition coefficient (Wildman–Crippen LogP) is 2.61. The molecule has 0 spiro atoms. The Hall–Kier alpha value is -1.84. The van der Waals surface area contributed by atoms with Crippen LogP contribution in [0.25, 0.3) is 0 Å². The molecule has 1 heterocycles. The predicted molar refractivity (Wildman–Crippen MR) is 90.6 cm³/mol. The molecule has 0 aromatic heterocycles. The van der Waals surface area contributed by atoms with Gasteiger partial charge in [-0.15, -0.1) is 0 Å². The molecule has 0 N–H and O–H groups in total. The van der Waals surface area contributed by atoms with Gasteiger partial charge in [0.1, 0.15) is 0 Å². The van der Waals surface area contributed by atoms with E-state index in [1.165, 1.54) is 11.1 Å². The van der Waals surface area contributed by atoms with Gasteiger partial charge < -0.3 is 9.80 Å². The van der Waals surface area contributed by atoms with Crippen LogP contribution in [0.2, 0.25) is 0 Å². The molecule has 4 nitrogen and oxygen atoms in total. The molecule has 2 aliphatic rings. The molecule has 23 heavy (non-hydrogen) atoms. The number of amides is 2. The molecule has 124 valence electrons. The Balaban J connectivity index is 1.74. The van der Waals surface area contributed by atoms with Crippen molar-refractivity contribution in [1.29, 1.82) is 0 Å². The second-order valence-electron chi connectivity index (χ2n) is 7.03. The van der Waals surface area contributed by atoms with Crippen LogP contribution >= 0.6 is 0 Å². The SMILES string of the molecule is Cc1cc(C)c(C)c(C(=O)N2CCN(C(=O)C3CC3)CC2)c1C. The molecule has 1 saturated heterocycles. The first-order valence-electron chi connectivity index (χ1n) is 8.55. The first kappa shape index (κ1) is 16.0. The summed E-state index contributed by atoms with van der Waals surface area (Å²) in [6.07, 6.45) is 2.08. The van der Waals surface area contributed by atoms with E-state index in [1.54, 1.807) is 0 Å². The lowest BCUT2D eigenvalue weighted by atomic mass is 9.93. The van der Waals surface area contributed by atoms with Crippen molar-refractivity contribution >= 4 is 11.8 Å². The van der Waals surface area contributed by atoms with Crippen molar-refractivity contribution in [1.82, 2.24) is 9.80 Å². The van der Waals surface area contributed by atoms with Gasteiger partial charge in [0.05, 0.1) is 0 Å². The van der Waals surface area contributed by atoms with Crippen LogP contribution in [0.3, 0.4) is 0 Å². The highest BCUT2D eigenvalue weighted by molar-refractivity contribution is 5.98. The van der Waals surface area contributed by atoms with Crippen molar-refractivity contribution in [3.63, 3.8) is 0 Å². The number of rotatable bonds is 2. The zero-order valence-corrected chi connectivity index (χ0v) is 14.6. The lowest BCUT2D eigenvalue weighted by molar-refractivity contribution is -0.134. The van der Waals surface area contributed by atoms with E-state index >= 15 is 0 Å². The maximum Gasteiger partial charge on any atom is 0.254 e. The van der Waals surface area contributed by atoms with E-state index in [2.05, 4.69) is 19.9 Å². The minimum Gasteiger partial charge on any atom is -0.339 e. The van der Waals surface area contributed by atoms with Crippen molar-refractivity contribution in [3.05, 3.63) is 33.9 Å². The van der Waals surface area contributed by atoms with E-state index in [-0.39, 0.29) is 17.7 Å². The third-order valence-corrected chi connectivity index (χ3v) is 5.39. The van der Waals surface area contributed by atoms with Crippen LogP contribution in [-0.4, -0.2) is 47.8 Å². The molecule has 2 fully saturated rings. The molecule has 1 aliphatic heterocycles. The molecule has 0 bridgehead atoms. The summed E-state index contributed by atoms with van der Waals surface area (Å²) in [6.45, 7) is 10.8. The van der Waals surface area contributed by atoms with Gasteiger partial charge in [0.15, 0.2) is 0 Å². The lowest BCUT2D eigenvalue weighted by Crippen LogP contribution is -2.51. The Morgan fingerprint density at radius 1 is 0.870 bits per heavy atom. The maximum atomic E-state index is 13.0. The minimum atomic E-state index is 0.116. The third-order valence-electron chi connectivity index (χ3n) is 5.39. The van der Waals surface area contributed by atoms with Crippen LogP contribution in [0.1, 0.15) is 45.5 Å². The van der Waals surface area contributed by atoms with Crippen LogP contribution in [0.15, 0.2) is 6.07 Å². The van der Waals surface area contributed by atoms with Crippen molar-refractivity contribution in [2.24, 2.45) is 5.92 Å². The van der Waals surface area contributed by atoms with E-state index in [9.17, 15) is 9.59 Å². The Kier molecular flexibility index (Phi) is 4.17. The monoisotopic (exact) mass is 314 g/mol. The zero-order valence-electron chi connectivity index (χ0n) is 14.6. The number of piperazine rings is 1. The van der Waals surface area contributed by atoms with Gasteiger partial charge in [-0.25, -0.2) is 0 Å². The highest BCUT2D eigenvalue weighted by Crippen LogP contribution is 2.31. The maximum absolute atomic E-state index is 13.0. The number of hydrogen-bond acceptors (Lipinski definition) is 2. The van der Waals surface area contributed by atoms with Crippen LogP contribution in [-0.2, 0) is 4.79 Å². The summed E-state index contributed by atoms with van der Waals surface area (Å²) >= 11 is 0. The van der Waals surface area contributed by atoms with E-state index in [0.717, 1.165) is 29.5 Å². The summed E-state index contributed by atoms with van der Waals surface area (Å²) in [6, 6.07) is 2.15. The topological polar surface area (TPSA) is 40.6 Å². The van der Waals surface area contributed by atoms with E-state index < -0.39 is 0 Å².